The number of ketones is 1. The molecule has 2 aliphatic heterocycles. The SMILES string of the molecule is COc1ccc(C(=O)c2ccc(OCC(=O)N3CCC(CCCC4CCN(C(=O)Nc5cccc(Cl)c5)CC4)CC3)cc2)c(OC)c1. The highest BCUT2D eigenvalue weighted by molar-refractivity contribution is 6.30. The zero-order valence-electron chi connectivity index (χ0n) is 27.2. The maximum atomic E-state index is 13.0. The highest BCUT2D eigenvalue weighted by Gasteiger charge is 2.25. The second-order valence-electron chi connectivity index (χ2n) is 12.3. The van der Waals surface area contributed by atoms with Crippen molar-refractivity contribution in [2.45, 2.75) is 44.9 Å². The predicted octanol–water partition coefficient (Wildman–Crippen LogP) is 7.32. The number of hydrogen-bond donors (Lipinski definition) is 1. The Balaban J connectivity index is 0.964. The first-order valence-electron chi connectivity index (χ1n) is 16.4. The number of halogens is 1. The summed E-state index contributed by atoms with van der Waals surface area (Å²) in [4.78, 5) is 42.3. The van der Waals surface area contributed by atoms with Crippen LogP contribution in [0.15, 0.2) is 66.7 Å². The number of anilines is 1. The van der Waals surface area contributed by atoms with Crippen molar-refractivity contribution in [2.24, 2.45) is 11.8 Å². The Morgan fingerprint density at radius 1 is 0.787 bits per heavy atom. The lowest BCUT2D eigenvalue weighted by Crippen LogP contribution is -2.41. The van der Waals surface area contributed by atoms with Crippen LogP contribution in [0.5, 0.6) is 17.2 Å². The number of hydrogen-bond acceptors (Lipinski definition) is 6. The van der Waals surface area contributed by atoms with E-state index >= 15 is 0 Å². The molecule has 3 amide bonds. The third kappa shape index (κ3) is 9.41. The van der Waals surface area contributed by atoms with Crippen LogP contribution in [-0.4, -0.2) is 74.5 Å². The molecule has 0 unspecified atom stereocenters. The van der Waals surface area contributed by atoms with E-state index < -0.39 is 0 Å². The Bertz CT molecular complexity index is 1510. The van der Waals surface area contributed by atoms with Crippen LogP contribution in [0, 0.1) is 11.8 Å². The Morgan fingerprint density at radius 3 is 2.04 bits per heavy atom. The van der Waals surface area contributed by atoms with Crippen LogP contribution in [0.25, 0.3) is 0 Å². The van der Waals surface area contributed by atoms with E-state index in [1.165, 1.54) is 26.4 Å². The van der Waals surface area contributed by atoms with E-state index in [1.807, 2.05) is 21.9 Å². The minimum atomic E-state index is -0.171. The number of piperidine rings is 2. The zero-order chi connectivity index (χ0) is 33.2. The molecule has 2 heterocycles. The molecule has 10 heteroatoms. The van der Waals surface area contributed by atoms with E-state index in [9.17, 15) is 14.4 Å². The van der Waals surface area contributed by atoms with Crippen molar-refractivity contribution < 1.29 is 28.6 Å². The maximum absolute atomic E-state index is 13.0. The Morgan fingerprint density at radius 2 is 1.43 bits per heavy atom. The molecule has 47 heavy (non-hydrogen) atoms. The lowest BCUT2D eigenvalue weighted by Gasteiger charge is -2.33. The van der Waals surface area contributed by atoms with Crippen molar-refractivity contribution in [1.82, 2.24) is 9.80 Å². The van der Waals surface area contributed by atoms with Gasteiger partial charge in [-0.05, 0) is 92.1 Å². The predicted molar refractivity (Wildman–Crippen MR) is 183 cm³/mol. The molecular formula is C37H44ClN3O6. The number of urea groups is 1. The van der Waals surface area contributed by atoms with Gasteiger partial charge in [0, 0.05) is 48.5 Å². The fraction of sp³-hybridized carbons (Fsp3) is 0.432. The highest BCUT2D eigenvalue weighted by Crippen LogP contribution is 2.29. The molecule has 1 N–H and O–H groups in total. The molecular weight excluding hydrogens is 618 g/mol. The largest absolute Gasteiger partial charge is 0.497 e. The summed E-state index contributed by atoms with van der Waals surface area (Å²) in [6.07, 6.45) is 7.65. The van der Waals surface area contributed by atoms with Crippen LogP contribution in [0.4, 0.5) is 10.5 Å². The minimum Gasteiger partial charge on any atom is -0.497 e. The van der Waals surface area contributed by atoms with E-state index in [0.717, 1.165) is 57.5 Å². The van der Waals surface area contributed by atoms with Crippen molar-refractivity contribution in [3.63, 3.8) is 0 Å². The van der Waals surface area contributed by atoms with Crippen LogP contribution in [0.3, 0.4) is 0 Å². The normalized spacial score (nSPS) is 15.6. The second kappa shape index (κ2) is 16.5. The molecule has 0 bridgehead atoms. The van der Waals surface area contributed by atoms with Gasteiger partial charge in [-0.25, -0.2) is 4.79 Å². The van der Waals surface area contributed by atoms with Crippen LogP contribution in [0.2, 0.25) is 5.02 Å². The van der Waals surface area contributed by atoms with Gasteiger partial charge in [0.2, 0.25) is 0 Å². The molecule has 250 valence electrons. The standard InChI is InChI=1S/C37H44ClN3O6/c1-45-32-13-14-33(34(24-32)46-2)36(43)28-9-11-31(12-10-28)47-25-35(42)40-19-15-26(16-20-40)5-3-6-27-17-21-41(22-18-27)37(44)39-30-8-4-7-29(38)23-30/h4,7-14,23-24,26-27H,3,5-6,15-22,25H2,1-2H3,(H,39,44). The number of carbonyl (C=O) groups excluding carboxylic acids is 3. The number of ether oxygens (including phenoxy) is 3. The average molecular weight is 662 g/mol. The Hall–Kier alpha value is -4.24. The van der Waals surface area contributed by atoms with E-state index in [4.69, 9.17) is 25.8 Å². The van der Waals surface area contributed by atoms with E-state index in [-0.39, 0.29) is 24.3 Å². The molecule has 0 spiro atoms. The van der Waals surface area contributed by atoms with Crippen molar-refractivity contribution in [3.05, 3.63) is 82.9 Å². The van der Waals surface area contributed by atoms with E-state index in [0.29, 0.717) is 45.2 Å². The molecule has 2 aliphatic rings. The summed E-state index contributed by atoms with van der Waals surface area (Å²) in [7, 11) is 3.08. The van der Waals surface area contributed by atoms with Gasteiger partial charge in [-0.2, -0.15) is 0 Å². The molecule has 3 aromatic rings. The zero-order valence-corrected chi connectivity index (χ0v) is 28.0. The number of benzene rings is 3. The molecule has 9 nitrogen and oxygen atoms in total. The van der Waals surface area contributed by atoms with Gasteiger partial charge in [0.15, 0.2) is 12.4 Å². The molecule has 3 aromatic carbocycles. The molecule has 0 atom stereocenters. The Kier molecular flexibility index (Phi) is 12.0. The molecule has 2 fully saturated rings. The molecule has 0 saturated carbocycles. The maximum Gasteiger partial charge on any atom is 0.321 e. The topological polar surface area (TPSA) is 97.4 Å². The van der Waals surface area contributed by atoms with Gasteiger partial charge < -0.3 is 29.3 Å². The van der Waals surface area contributed by atoms with Gasteiger partial charge >= 0.3 is 6.03 Å². The molecule has 0 radical (unpaired) electrons. The van der Waals surface area contributed by atoms with Crippen LogP contribution >= 0.6 is 11.6 Å². The van der Waals surface area contributed by atoms with Crippen LogP contribution in [0.1, 0.15) is 60.9 Å². The van der Waals surface area contributed by atoms with Gasteiger partial charge in [-0.3, -0.25) is 9.59 Å². The second-order valence-corrected chi connectivity index (χ2v) is 12.8. The summed E-state index contributed by atoms with van der Waals surface area (Å²) < 4.78 is 16.4. The van der Waals surface area contributed by atoms with Crippen molar-refractivity contribution in [2.75, 3.05) is 52.3 Å². The van der Waals surface area contributed by atoms with Gasteiger partial charge in [-0.15, -0.1) is 0 Å². The number of likely N-dealkylation sites (tertiary alicyclic amines) is 2. The lowest BCUT2D eigenvalue weighted by atomic mass is 9.87. The average Bonchev–Trinajstić information content (AvgIpc) is 3.10. The summed E-state index contributed by atoms with van der Waals surface area (Å²) in [5.74, 6) is 2.70. The van der Waals surface area contributed by atoms with E-state index in [2.05, 4.69) is 5.32 Å². The summed E-state index contributed by atoms with van der Waals surface area (Å²) in [6, 6.07) is 19.1. The van der Waals surface area contributed by atoms with Crippen LogP contribution in [-0.2, 0) is 4.79 Å². The number of nitrogens with one attached hydrogen (secondary N) is 1. The lowest BCUT2D eigenvalue weighted by molar-refractivity contribution is -0.134. The fourth-order valence-corrected chi connectivity index (χ4v) is 6.63. The van der Waals surface area contributed by atoms with Crippen molar-refractivity contribution in [1.29, 1.82) is 0 Å². The molecule has 5 rings (SSSR count). The third-order valence-electron chi connectivity index (χ3n) is 9.30. The van der Waals surface area contributed by atoms with Gasteiger partial charge in [-0.1, -0.05) is 36.9 Å². The Labute approximate surface area is 282 Å². The summed E-state index contributed by atoms with van der Waals surface area (Å²) in [5, 5.41) is 3.55. The smallest absolute Gasteiger partial charge is 0.321 e. The molecule has 0 aromatic heterocycles. The van der Waals surface area contributed by atoms with Crippen molar-refractivity contribution in [3.8, 4) is 17.2 Å². The van der Waals surface area contributed by atoms with Gasteiger partial charge in [0.05, 0.1) is 19.8 Å². The molecule has 2 saturated heterocycles. The van der Waals surface area contributed by atoms with Crippen molar-refractivity contribution >= 4 is 35.0 Å². The van der Waals surface area contributed by atoms with Gasteiger partial charge in [0.25, 0.3) is 5.91 Å². The monoisotopic (exact) mass is 661 g/mol. The van der Waals surface area contributed by atoms with Gasteiger partial charge in [0.1, 0.15) is 17.2 Å². The number of methoxy groups -OCH3 is 2. The minimum absolute atomic E-state index is 0.0160. The number of nitrogens with zero attached hydrogens (tertiary/aromatic N) is 2. The number of carbonyl (C=O) groups is 3. The van der Waals surface area contributed by atoms with Crippen LogP contribution < -0.4 is 19.5 Å². The first kappa shape index (κ1) is 34.1. The number of rotatable bonds is 12. The fourth-order valence-electron chi connectivity index (χ4n) is 6.44. The summed E-state index contributed by atoms with van der Waals surface area (Å²) in [5.41, 5.74) is 1.66. The summed E-state index contributed by atoms with van der Waals surface area (Å²) in [6.45, 7) is 3.04. The highest BCUT2D eigenvalue weighted by atomic mass is 35.5. The third-order valence-corrected chi connectivity index (χ3v) is 9.54. The first-order valence-corrected chi connectivity index (χ1v) is 16.8. The molecule has 0 aliphatic carbocycles. The van der Waals surface area contributed by atoms with E-state index in [1.54, 1.807) is 61.7 Å². The quantitative estimate of drug-likeness (QED) is 0.204. The number of amides is 3. The summed E-state index contributed by atoms with van der Waals surface area (Å²) >= 11 is 6.03. The first-order chi connectivity index (χ1) is 22.8.